The van der Waals surface area contributed by atoms with Gasteiger partial charge in [0, 0.05) is 4.88 Å². The van der Waals surface area contributed by atoms with Crippen LogP contribution in [0.1, 0.15) is 39.3 Å². The molecule has 0 radical (unpaired) electrons. The number of amides is 1. The third-order valence-electron chi connectivity index (χ3n) is 4.98. The van der Waals surface area contributed by atoms with Crippen LogP contribution in [-0.2, 0) is 12.8 Å². The molecule has 1 unspecified atom stereocenters. The summed E-state index contributed by atoms with van der Waals surface area (Å²) in [7, 11) is 0. The van der Waals surface area contributed by atoms with Gasteiger partial charge in [0.2, 0.25) is 5.88 Å². The third-order valence-corrected chi connectivity index (χ3v) is 6.22. The number of thiophene rings is 1. The molecule has 6 heteroatoms. The van der Waals surface area contributed by atoms with Crippen LogP contribution in [0.2, 0.25) is 0 Å². The molecule has 2 heterocycles. The molecule has 0 bridgehead atoms. The lowest BCUT2D eigenvalue weighted by Crippen LogP contribution is -2.30. The first kappa shape index (κ1) is 19.9. The van der Waals surface area contributed by atoms with Crippen LogP contribution < -0.4 is 11.1 Å². The molecule has 3 N–H and O–H groups in total. The van der Waals surface area contributed by atoms with Gasteiger partial charge in [-0.05, 0) is 36.1 Å². The van der Waals surface area contributed by atoms with Crippen LogP contribution in [0.15, 0.2) is 77.3 Å². The molecule has 0 aliphatic rings. The molecule has 0 saturated carbocycles. The quantitative estimate of drug-likeness (QED) is 0.430. The van der Waals surface area contributed by atoms with E-state index in [9.17, 15) is 4.79 Å². The van der Waals surface area contributed by atoms with Crippen LogP contribution in [0.25, 0.3) is 10.6 Å². The molecular weight excluding hydrogens is 394 g/mol. The molecular formula is C24H23N3O2S. The molecule has 4 aromatic rings. The molecule has 4 rings (SSSR count). The average molecular weight is 418 g/mol. The van der Waals surface area contributed by atoms with Gasteiger partial charge in [0.1, 0.15) is 11.3 Å². The first-order chi connectivity index (χ1) is 14.7. The van der Waals surface area contributed by atoms with Crippen molar-refractivity contribution in [2.45, 2.75) is 25.8 Å². The Balaban J connectivity index is 1.64. The molecule has 30 heavy (non-hydrogen) atoms. The fourth-order valence-electron chi connectivity index (χ4n) is 3.40. The van der Waals surface area contributed by atoms with Crippen molar-refractivity contribution in [1.29, 1.82) is 0 Å². The maximum absolute atomic E-state index is 13.3. The zero-order valence-corrected chi connectivity index (χ0v) is 17.5. The zero-order chi connectivity index (χ0) is 20.9. The monoisotopic (exact) mass is 417 g/mol. The van der Waals surface area contributed by atoms with E-state index in [1.165, 1.54) is 4.88 Å². The minimum atomic E-state index is -0.292. The second-order valence-electron chi connectivity index (χ2n) is 7.02. The summed E-state index contributed by atoms with van der Waals surface area (Å²) < 4.78 is 5.19. The Bertz CT molecular complexity index is 1120. The molecule has 1 amide bonds. The Morgan fingerprint density at radius 1 is 1.07 bits per heavy atom. The van der Waals surface area contributed by atoms with Crippen LogP contribution in [0.5, 0.6) is 0 Å². The van der Waals surface area contributed by atoms with Crippen molar-refractivity contribution in [3.63, 3.8) is 0 Å². The van der Waals surface area contributed by atoms with E-state index >= 15 is 0 Å². The Hall–Kier alpha value is -3.38. The number of hydrogen-bond donors (Lipinski definition) is 2. The van der Waals surface area contributed by atoms with Crippen LogP contribution in [-0.4, -0.2) is 11.1 Å². The number of nitrogens with zero attached hydrogens (tertiary/aromatic N) is 1. The molecule has 0 spiro atoms. The summed E-state index contributed by atoms with van der Waals surface area (Å²) in [6, 6.07) is 23.8. The van der Waals surface area contributed by atoms with Gasteiger partial charge in [-0.15, -0.1) is 11.3 Å². The third kappa shape index (κ3) is 4.28. The molecule has 0 fully saturated rings. The van der Waals surface area contributed by atoms with E-state index in [2.05, 4.69) is 29.5 Å². The van der Waals surface area contributed by atoms with Crippen molar-refractivity contribution in [2.24, 2.45) is 0 Å². The number of rotatable bonds is 7. The predicted octanol–water partition coefficient (Wildman–Crippen LogP) is 5.26. The van der Waals surface area contributed by atoms with Crippen LogP contribution >= 0.6 is 11.3 Å². The number of carbonyl (C=O) groups is 1. The van der Waals surface area contributed by atoms with Crippen LogP contribution in [0.4, 0.5) is 5.88 Å². The van der Waals surface area contributed by atoms with Crippen molar-refractivity contribution in [3.05, 3.63) is 94.4 Å². The number of carbonyl (C=O) groups excluding carboxylic acids is 1. The number of nitrogen functional groups attached to an aromatic ring is 1. The minimum absolute atomic E-state index is 0.0282. The van der Waals surface area contributed by atoms with Crippen LogP contribution in [0, 0.1) is 0 Å². The van der Waals surface area contributed by atoms with E-state index in [-0.39, 0.29) is 23.4 Å². The van der Waals surface area contributed by atoms with E-state index in [0.29, 0.717) is 12.1 Å². The summed E-state index contributed by atoms with van der Waals surface area (Å²) in [5.74, 6) is -0.263. The van der Waals surface area contributed by atoms with Gasteiger partial charge in [-0.2, -0.15) is 0 Å². The lowest BCUT2D eigenvalue weighted by molar-refractivity contribution is 0.0937. The fraction of sp³-hybridized carbons (Fsp3) is 0.167. The number of nitrogens with two attached hydrogens (primary N) is 1. The predicted molar refractivity (Wildman–Crippen MR) is 120 cm³/mol. The van der Waals surface area contributed by atoms with Gasteiger partial charge in [0.05, 0.1) is 10.9 Å². The van der Waals surface area contributed by atoms with Crippen LogP contribution in [0.3, 0.4) is 0 Å². The van der Waals surface area contributed by atoms with E-state index < -0.39 is 0 Å². The highest BCUT2D eigenvalue weighted by Gasteiger charge is 2.26. The molecule has 0 aliphatic heterocycles. The van der Waals surface area contributed by atoms with E-state index in [1.54, 1.807) is 11.3 Å². The van der Waals surface area contributed by atoms with Gasteiger partial charge in [-0.3, -0.25) is 4.79 Å². The number of aromatic nitrogens is 1. The number of anilines is 1. The first-order valence-electron chi connectivity index (χ1n) is 9.89. The molecule has 5 nitrogen and oxygen atoms in total. The van der Waals surface area contributed by atoms with Crippen molar-refractivity contribution in [2.75, 3.05) is 5.73 Å². The van der Waals surface area contributed by atoms with Gasteiger partial charge in [-0.1, -0.05) is 72.7 Å². The van der Waals surface area contributed by atoms with Gasteiger partial charge in [-0.25, -0.2) is 0 Å². The second-order valence-corrected chi connectivity index (χ2v) is 8.18. The molecule has 152 valence electrons. The second kappa shape index (κ2) is 8.97. The van der Waals surface area contributed by atoms with E-state index in [0.717, 1.165) is 22.4 Å². The van der Waals surface area contributed by atoms with Gasteiger partial charge in [0.25, 0.3) is 5.91 Å². The lowest BCUT2D eigenvalue weighted by Gasteiger charge is -2.19. The molecule has 2 aromatic heterocycles. The Morgan fingerprint density at radius 3 is 2.43 bits per heavy atom. The molecule has 0 saturated heterocycles. The van der Waals surface area contributed by atoms with Gasteiger partial charge < -0.3 is 15.6 Å². The Morgan fingerprint density at radius 2 is 1.77 bits per heavy atom. The standard InChI is InChI=1S/C24H23N3O2S/c1-2-18-13-14-20(30-18)22-21(23(25)29-27-22)24(28)26-19(17-11-7-4-8-12-17)15-16-9-5-3-6-10-16/h3-14,19H,2,15,25H2,1H3,(H,26,28). The number of hydrogen-bond acceptors (Lipinski definition) is 5. The van der Waals surface area contributed by atoms with Gasteiger partial charge >= 0.3 is 0 Å². The zero-order valence-electron chi connectivity index (χ0n) is 16.7. The summed E-state index contributed by atoms with van der Waals surface area (Å²) in [6.45, 7) is 2.09. The Labute approximate surface area is 179 Å². The summed E-state index contributed by atoms with van der Waals surface area (Å²) in [4.78, 5) is 15.4. The normalized spacial score (nSPS) is 11.9. The smallest absolute Gasteiger partial charge is 0.259 e. The van der Waals surface area contributed by atoms with Crippen molar-refractivity contribution in [1.82, 2.24) is 10.5 Å². The van der Waals surface area contributed by atoms with E-state index in [4.69, 9.17) is 10.3 Å². The average Bonchev–Trinajstić information content (AvgIpc) is 3.41. The minimum Gasteiger partial charge on any atom is -0.367 e. The topological polar surface area (TPSA) is 81.2 Å². The highest BCUT2D eigenvalue weighted by molar-refractivity contribution is 7.15. The maximum atomic E-state index is 13.3. The summed E-state index contributed by atoms with van der Waals surface area (Å²) >= 11 is 1.59. The number of benzene rings is 2. The van der Waals surface area contributed by atoms with Gasteiger partial charge in [0.15, 0.2) is 0 Å². The highest BCUT2D eigenvalue weighted by Crippen LogP contribution is 2.33. The molecule has 2 aromatic carbocycles. The highest BCUT2D eigenvalue weighted by atomic mass is 32.1. The van der Waals surface area contributed by atoms with E-state index in [1.807, 2.05) is 60.7 Å². The molecule has 0 aliphatic carbocycles. The van der Waals surface area contributed by atoms with Crippen molar-refractivity contribution < 1.29 is 9.32 Å². The first-order valence-corrected chi connectivity index (χ1v) is 10.7. The molecule has 1 atom stereocenters. The number of nitrogens with one attached hydrogen (secondary N) is 1. The fourth-order valence-corrected chi connectivity index (χ4v) is 4.34. The largest absolute Gasteiger partial charge is 0.367 e. The summed E-state index contributed by atoms with van der Waals surface area (Å²) in [5.41, 5.74) is 8.93. The Kier molecular flexibility index (Phi) is 5.95. The van der Waals surface area contributed by atoms with Crippen molar-refractivity contribution >= 4 is 23.1 Å². The lowest BCUT2D eigenvalue weighted by atomic mass is 9.98. The van der Waals surface area contributed by atoms with Crippen molar-refractivity contribution in [3.8, 4) is 10.6 Å². The summed E-state index contributed by atoms with van der Waals surface area (Å²) in [5, 5.41) is 7.21. The SMILES string of the molecule is CCc1ccc(-c2noc(N)c2C(=O)NC(Cc2ccccc2)c2ccccc2)s1. The maximum Gasteiger partial charge on any atom is 0.259 e. The number of aryl methyl sites for hydroxylation is 1. The summed E-state index contributed by atoms with van der Waals surface area (Å²) in [6.07, 6.45) is 1.59.